The van der Waals surface area contributed by atoms with E-state index in [1.807, 2.05) is 0 Å². The van der Waals surface area contributed by atoms with Crippen molar-refractivity contribution in [3.05, 3.63) is 24.0 Å². The number of hydrogen-bond donors (Lipinski definition) is 0. The standard InChI is InChI=1S/C9H10BFO2.2H2O/c1-12-4-5-13-9-3-2-7(10)6-8(9)11;;/h2-3,6H,4-5H2,1H3;2*1H2. The summed E-state index contributed by atoms with van der Waals surface area (Å²) in [6, 6.07) is 4.31. The van der Waals surface area contributed by atoms with Crippen LogP contribution in [0.25, 0.3) is 0 Å². The van der Waals surface area contributed by atoms with Gasteiger partial charge in [0.25, 0.3) is 0 Å². The minimum absolute atomic E-state index is 0. The summed E-state index contributed by atoms with van der Waals surface area (Å²) in [6.07, 6.45) is 0. The van der Waals surface area contributed by atoms with E-state index in [0.29, 0.717) is 18.7 Å². The normalized spacial score (nSPS) is 8.67. The van der Waals surface area contributed by atoms with Crippen molar-refractivity contribution in [2.24, 2.45) is 0 Å². The third-order valence-corrected chi connectivity index (χ3v) is 1.50. The summed E-state index contributed by atoms with van der Waals surface area (Å²) in [5, 5.41) is 0. The van der Waals surface area contributed by atoms with Crippen LogP contribution >= 0.6 is 0 Å². The van der Waals surface area contributed by atoms with Crippen LogP contribution in [0.3, 0.4) is 0 Å². The molecule has 1 aromatic rings. The molecule has 0 atom stereocenters. The molecule has 15 heavy (non-hydrogen) atoms. The lowest BCUT2D eigenvalue weighted by Crippen LogP contribution is -2.08. The van der Waals surface area contributed by atoms with Gasteiger partial charge in [0.1, 0.15) is 14.5 Å². The van der Waals surface area contributed by atoms with Crippen LogP contribution in [0.4, 0.5) is 4.39 Å². The second-order valence-corrected chi connectivity index (χ2v) is 2.53. The monoisotopic (exact) mass is 216 g/mol. The van der Waals surface area contributed by atoms with Crippen LogP contribution in [0, 0.1) is 5.82 Å². The van der Waals surface area contributed by atoms with E-state index in [-0.39, 0.29) is 16.7 Å². The zero-order chi connectivity index (χ0) is 9.68. The summed E-state index contributed by atoms with van der Waals surface area (Å²) in [5.74, 6) is -0.248. The van der Waals surface area contributed by atoms with Gasteiger partial charge in [-0.2, -0.15) is 0 Å². The van der Waals surface area contributed by atoms with Crippen molar-refractivity contribution < 1.29 is 24.8 Å². The zero-order valence-electron chi connectivity index (χ0n) is 8.42. The Kier molecular flexibility index (Phi) is 8.95. The fraction of sp³-hybridized carbons (Fsp3) is 0.333. The highest BCUT2D eigenvalue weighted by molar-refractivity contribution is 6.32. The Bertz CT molecular complexity index is 283. The van der Waals surface area contributed by atoms with Crippen molar-refractivity contribution in [1.29, 1.82) is 0 Å². The van der Waals surface area contributed by atoms with Gasteiger partial charge in [-0.25, -0.2) is 4.39 Å². The summed E-state index contributed by atoms with van der Waals surface area (Å²) in [7, 11) is 6.92. The van der Waals surface area contributed by atoms with Crippen molar-refractivity contribution in [2.45, 2.75) is 0 Å². The van der Waals surface area contributed by atoms with Gasteiger partial charge in [-0.3, -0.25) is 0 Å². The highest BCUT2D eigenvalue weighted by Gasteiger charge is 2.01. The Morgan fingerprint density at radius 1 is 1.27 bits per heavy atom. The van der Waals surface area contributed by atoms with Crippen molar-refractivity contribution in [3.63, 3.8) is 0 Å². The fourth-order valence-corrected chi connectivity index (χ4v) is 0.869. The van der Waals surface area contributed by atoms with E-state index in [4.69, 9.17) is 17.3 Å². The third-order valence-electron chi connectivity index (χ3n) is 1.50. The highest BCUT2D eigenvalue weighted by atomic mass is 19.1. The first-order chi connectivity index (χ1) is 6.24. The SMILES string of the molecule is O.O.[B]c1ccc(OCCOC)c(F)c1. The third kappa shape index (κ3) is 5.36. The van der Waals surface area contributed by atoms with Crippen LogP contribution in [-0.2, 0) is 4.74 Å². The molecule has 2 radical (unpaired) electrons. The molecule has 84 valence electrons. The molecule has 0 saturated heterocycles. The van der Waals surface area contributed by atoms with Gasteiger partial charge in [0.05, 0.1) is 6.61 Å². The number of hydrogen-bond acceptors (Lipinski definition) is 2. The lowest BCUT2D eigenvalue weighted by atomic mass is 9.96. The number of methoxy groups -OCH3 is 1. The Hall–Kier alpha value is -1.11. The molecule has 0 bridgehead atoms. The zero-order valence-corrected chi connectivity index (χ0v) is 8.42. The molecule has 0 saturated carbocycles. The molecule has 0 spiro atoms. The van der Waals surface area contributed by atoms with E-state index in [9.17, 15) is 4.39 Å². The van der Waals surface area contributed by atoms with E-state index in [2.05, 4.69) is 0 Å². The highest BCUT2D eigenvalue weighted by Crippen LogP contribution is 2.13. The largest absolute Gasteiger partial charge is 0.488 e. The summed E-state index contributed by atoms with van der Waals surface area (Å²) in [5.41, 5.74) is 0.386. The van der Waals surface area contributed by atoms with E-state index >= 15 is 0 Å². The van der Waals surface area contributed by atoms with E-state index in [0.717, 1.165) is 0 Å². The molecule has 4 N–H and O–H groups in total. The Morgan fingerprint density at radius 2 is 1.93 bits per heavy atom. The summed E-state index contributed by atoms with van der Waals surface area (Å²) >= 11 is 0. The molecule has 0 aliphatic carbocycles. The van der Waals surface area contributed by atoms with Crippen LogP contribution in [0.5, 0.6) is 5.75 Å². The minimum Gasteiger partial charge on any atom is -0.488 e. The van der Waals surface area contributed by atoms with Gasteiger partial charge >= 0.3 is 0 Å². The van der Waals surface area contributed by atoms with Crippen molar-refractivity contribution in [3.8, 4) is 5.75 Å². The molecule has 1 rings (SSSR count). The maximum Gasteiger partial charge on any atom is 0.164 e. The van der Waals surface area contributed by atoms with Gasteiger partial charge in [-0.1, -0.05) is 11.5 Å². The molecular formula is C9H14BFO4. The Balaban J connectivity index is 0. The van der Waals surface area contributed by atoms with Crippen LogP contribution in [0.1, 0.15) is 0 Å². The van der Waals surface area contributed by atoms with Crippen LogP contribution in [-0.4, -0.2) is 39.1 Å². The second-order valence-electron chi connectivity index (χ2n) is 2.53. The van der Waals surface area contributed by atoms with Crippen molar-refractivity contribution in [1.82, 2.24) is 0 Å². The van der Waals surface area contributed by atoms with Gasteiger partial charge in [-0.15, -0.1) is 0 Å². The fourth-order valence-electron chi connectivity index (χ4n) is 0.869. The van der Waals surface area contributed by atoms with Gasteiger partial charge in [0.2, 0.25) is 0 Å². The molecule has 1 aromatic carbocycles. The van der Waals surface area contributed by atoms with E-state index in [1.165, 1.54) is 12.1 Å². The predicted octanol–water partition coefficient (Wildman–Crippen LogP) is -1.00. The topological polar surface area (TPSA) is 81.5 Å². The minimum atomic E-state index is -0.448. The van der Waals surface area contributed by atoms with Crippen LogP contribution in [0.2, 0.25) is 0 Å². The molecule has 0 unspecified atom stereocenters. The summed E-state index contributed by atoms with van der Waals surface area (Å²) < 4.78 is 22.9. The average molecular weight is 216 g/mol. The van der Waals surface area contributed by atoms with Gasteiger partial charge in [0.15, 0.2) is 11.6 Å². The summed E-state index contributed by atoms with van der Waals surface area (Å²) in [6.45, 7) is 0.765. The molecule has 0 aromatic heterocycles. The quantitative estimate of drug-likeness (QED) is 0.477. The first kappa shape index (κ1) is 16.3. The molecule has 0 aliphatic heterocycles. The van der Waals surface area contributed by atoms with Crippen LogP contribution in [0.15, 0.2) is 18.2 Å². The lowest BCUT2D eigenvalue weighted by Gasteiger charge is -2.06. The molecule has 0 amide bonds. The molecule has 6 heteroatoms. The van der Waals surface area contributed by atoms with Crippen LogP contribution < -0.4 is 10.2 Å². The Morgan fingerprint density at radius 3 is 2.47 bits per heavy atom. The molecular weight excluding hydrogens is 202 g/mol. The van der Waals surface area contributed by atoms with E-state index in [1.54, 1.807) is 13.2 Å². The number of halogens is 1. The van der Waals surface area contributed by atoms with Gasteiger partial charge in [0, 0.05) is 7.11 Å². The number of rotatable bonds is 4. The first-order valence-electron chi connectivity index (χ1n) is 3.91. The Labute approximate surface area is 89.0 Å². The molecule has 4 nitrogen and oxygen atoms in total. The summed E-state index contributed by atoms with van der Waals surface area (Å²) in [4.78, 5) is 0. The molecule has 0 heterocycles. The van der Waals surface area contributed by atoms with Gasteiger partial charge in [-0.05, 0) is 12.1 Å². The maximum absolute atomic E-state index is 13.0. The number of benzene rings is 1. The van der Waals surface area contributed by atoms with Crippen molar-refractivity contribution in [2.75, 3.05) is 20.3 Å². The first-order valence-corrected chi connectivity index (χ1v) is 3.91. The van der Waals surface area contributed by atoms with E-state index < -0.39 is 5.82 Å². The molecule has 0 fully saturated rings. The average Bonchev–Trinajstić information content (AvgIpc) is 2.09. The van der Waals surface area contributed by atoms with Gasteiger partial charge < -0.3 is 20.4 Å². The lowest BCUT2D eigenvalue weighted by molar-refractivity contribution is 0.144. The number of ether oxygens (including phenoxy) is 2. The predicted molar refractivity (Wildman–Crippen MR) is 56.4 cm³/mol. The maximum atomic E-state index is 13.0. The second kappa shape index (κ2) is 8.22. The molecule has 0 aliphatic rings. The van der Waals surface area contributed by atoms with Crippen molar-refractivity contribution >= 4 is 13.3 Å². The smallest absolute Gasteiger partial charge is 0.164 e.